The molecule has 0 aliphatic heterocycles. The van der Waals surface area contributed by atoms with Gasteiger partial charge in [-0.2, -0.15) is 8.78 Å². The van der Waals surface area contributed by atoms with Crippen LogP contribution in [0.5, 0.6) is 0 Å². The number of anilines is 1. The molecule has 0 heterocycles. The predicted molar refractivity (Wildman–Crippen MR) is 46.8 cm³/mol. The molecule has 0 saturated carbocycles. The first-order valence-corrected chi connectivity index (χ1v) is 5.16. The zero-order valence-electron chi connectivity index (χ0n) is 6.89. The standard InChI is InChI=1S/C7H8F2NO3P/c8-7(9,14(11,12)13)5-1-3-6(10)4-2-5/h1-4H,10H2,(H2,11,12,13). The molecule has 7 heteroatoms. The number of hydrogen-bond acceptors (Lipinski definition) is 2. The minimum absolute atomic E-state index is 0.246. The molecule has 0 fully saturated rings. The van der Waals surface area contributed by atoms with Gasteiger partial charge in [0.25, 0.3) is 0 Å². The van der Waals surface area contributed by atoms with Crippen molar-refractivity contribution in [1.82, 2.24) is 0 Å². The fourth-order valence-corrected chi connectivity index (χ4v) is 1.34. The molecule has 0 aliphatic rings. The fourth-order valence-electron chi connectivity index (χ4n) is 0.852. The summed E-state index contributed by atoms with van der Waals surface area (Å²) in [5.74, 6) is 0. The number of alkyl halides is 2. The van der Waals surface area contributed by atoms with Crippen LogP contribution in [0.15, 0.2) is 24.3 Å². The minimum atomic E-state index is -5.48. The van der Waals surface area contributed by atoms with E-state index in [9.17, 15) is 13.3 Å². The summed E-state index contributed by atoms with van der Waals surface area (Å²) in [6, 6.07) is 4.07. The summed E-state index contributed by atoms with van der Waals surface area (Å²) in [4.78, 5) is 16.8. The molecule has 0 unspecified atom stereocenters. The summed E-state index contributed by atoms with van der Waals surface area (Å²) >= 11 is 0. The predicted octanol–water partition coefficient (Wildman–Crippen LogP) is 1.50. The van der Waals surface area contributed by atoms with Gasteiger partial charge in [0.15, 0.2) is 0 Å². The summed E-state index contributed by atoms with van der Waals surface area (Å²) in [5.41, 5.74) is 0.570. The maximum Gasteiger partial charge on any atom is 0.399 e. The Bertz CT molecular complexity index is 373. The van der Waals surface area contributed by atoms with Crippen LogP contribution < -0.4 is 5.73 Å². The number of benzene rings is 1. The van der Waals surface area contributed by atoms with Crippen LogP contribution in [0.1, 0.15) is 5.56 Å². The molecule has 78 valence electrons. The number of nitrogen functional groups attached to an aromatic ring is 1. The van der Waals surface area contributed by atoms with Crippen molar-refractivity contribution in [2.75, 3.05) is 5.73 Å². The van der Waals surface area contributed by atoms with Crippen LogP contribution in [0, 0.1) is 0 Å². The Balaban J connectivity index is 3.17. The second-order valence-electron chi connectivity index (χ2n) is 2.71. The molecule has 1 rings (SSSR count). The van der Waals surface area contributed by atoms with Crippen LogP contribution in [0.25, 0.3) is 0 Å². The number of rotatable bonds is 2. The lowest BCUT2D eigenvalue weighted by Gasteiger charge is -2.17. The topological polar surface area (TPSA) is 83.6 Å². The van der Waals surface area contributed by atoms with Crippen molar-refractivity contribution >= 4 is 13.3 Å². The highest BCUT2D eigenvalue weighted by atomic mass is 31.2. The maximum absolute atomic E-state index is 13.0. The highest BCUT2D eigenvalue weighted by Gasteiger charge is 2.50. The van der Waals surface area contributed by atoms with Gasteiger partial charge in [0.1, 0.15) is 0 Å². The monoisotopic (exact) mass is 223 g/mol. The lowest BCUT2D eigenvalue weighted by molar-refractivity contribution is 0.0564. The minimum Gasteiger partial charge on any atom is -0.399 e. The van der Waals surface area contributed by atoms with Crippen LogP contribution in [0.2, 0.25) is 0 Å². The average Bonchev–Trinajstić information content (AvgIpc) is 2.03. The third-order valence-electron chi connectivity index (χ3n) is 1.62. The molecule has 4 nitrogen and oxygen atoms in total. The smallest absolute Gasteiger partial charge is 0.399 e. The van der Waals surface area contributed by atoms with Crippen LogP contribution in [0.4, 0.5) is 14.5 Å². The summed E-state index contributed by atoms with van der Waals surface area (Å²) in [7, 11) is -5.48. The average molecular weight is 223 g/mol. The van der Waals surface area contributed by atoms with Crippen molar-refractivity contribution in [3.63, 3.8) is 0 Å². The van der Waals surface area contributed by atoms with E-state index < -0.39 is 18.8 Å². The molecule has 0 amide bonds. The highest BCUT2D eigenvalue weighted by Crippen LogP contribution is 2.59. The van der Waals surface area contributed by atoms with Crippen molar-refractivity contribution in [2.24, 2.45) is 0 Å². The van der Waals surface area contributed by atoms with E-state index in [1.165, 1.54) is 0 Å². The zero-order chi connectivity index (χ0) is 11.0. The van der Waals surface area contributed by atoms with E-state index in [2.05, 4.69) is 0 Å². The Morgan fingerprint density at radius 2 is 1.64 bits per heavy atom. The fraction of sp³-hybridized carbons (Fsp3) is 0.143. The van der Waals surface area contributed by atoms with Crippen LogP contribution in [0.3, 0.4) is 0 Å². The summed E-state index contributed by atoms with van der Waals surface area (Å²) < 4.78 is 36.4. The van der Waals surface area contributed by atoms with Crippen LogP contribution in [-0.2, 0) is 10.2 Å². The lowest BCUT2D eigenvalue weighted by atomic mass is 10.2. The van der Waals surface area contributed by atoms with Gasteiger partial charge >= 0.3 is 13.3 Å². The van der Waals surface area contributed by atoms with Gasteiger partial charge in [0.05, 0.1) is 0 Å². The Morgan fingerprint density at radius 1 is 1.21 bits per heavy atom. The van der Waals surface area contributed by atoms with Crippen molar-refractivity contribution in [2.45, 2.75) is 5.66 Å². The third-order valence-corrected chi connectivity index (χ3v) is 2.61. The highest BCUT2D eigenvalue weighted by molar-refractivity contribution is 7.52. The Kier molecular flexibility index (Phi) is 2.63. The number of hydrogen-bond donors (Lipinski definition) is 3. The molecular weight excluding hydrogens is 215 g/mol. The van der Waals surface area contributed by atoms with Gasteiger partial charge in [-0.3, -0.25) is 4.57 Å². The van der Waals surface area contributed by atoms with Gasteiger partial charge < -0.3 is 15.5 Å². The lowest BCUT2D eigenvalue weighted by Crippen LogP contribution is -2.13. The largest absolute Gasteiger partial charge is 0.399 e. The zero-order valence-corrected chi connectivity index (χ0v) is 7.79. The first-order chi connectivity index (χ1) is 6.25. The number of nitrogens with two attached hydrogens (primary N) is 1. The SMILES string of the molecule is Nc1ccc(C(F)(F)P(=O)(O)O)cc1. The molecule has 0 spiro atoms. The van der Waals surface area contributed by atoms with Crippen molar-refractivity contribution in [3.05, 3.63) is 29.8 Å². The molecule has 0 saturated heterocycles. The van der Waals surface area contributed by atoms with Gasteiger partial charge in [0.2, 0.25) is 0 Å². The molecule has 0 radical (unpaired) electrons. The van der Waals surface area contributed by atoms with Gasteiger partial charge in [-0.1, -0.05) is 12.1 Å². The van der Waals surface area contributed by atoms with Gasteiger partial charge in [-0.15, -0.1) is 0 Å². The van der Waals surface area contributed by atoms with E-state index in [0.717, 1.165) is 24.3 Å². The van der Waals surface area contributed by atoms with E-state index in [4.69, 9.17) is 15.5 Å². The van der Waals surface area contributed by atoms with E-state index in [1.807, 2.05) is 0 Å². The molecule has 4 N–H and O–H groups in total. The summed E-state index contributed by atoms with van der Waals surface area (Å²) in [6.45, 7) is 0. The molecule has 0 bridgehead atoms. The van der Waals surface area contributed by atoms with E-state index in [0.29, 0.717) is 0 Å². The first-order valence-electron chi connectivity index (χ1n) is 3.54. The molecule has 1 aromatic carbocycles. The molecule has 1 aromatic rings. The second-order valence-corrected chi connectivity index (χ2v) is 4.36. The Hall–Kier alpha value is -0.970. The van der Waals surface area contributed by atoms with E-state index in [1.54, 1.807) is 0 Å². The van der Waals surface area contributed by atoms with E-state index in [-0.39, 0.29) is 5.69 Å². The van der Waals surface area contributed by atoms with Gasteiger partial charge in [-0.25, -0.2) is 0 Å². The third kappa shape index (κ3) is 1.92. The quantitative estimate of drug-likeness (QED) is 0.524. The Morgan fingerprint density at radius 3 is 2.00 bits per heavy atom. The molecule has 0 atom stereocenters. The van der Waals surface area contributed by atoms with Gasteiger partial charge in [-0.05, 0) is 12.1 Å². The van der Waals surface area contributed by atoms with Crippen LogP contribution >= 0.6 is 7.60 Å². The molecule has 0 aromatic heterocycles. The first kappa shape index (κ1) is 11.1. The summed E-state index contributed by atoms with van der Waals surface area (Å²) in [5, 5.41) is 0. The number of halogens is 2. The molecule has 14 heavy (non-hydrogen) atoms. The Labute approximate surface area is 78.5 Å². The molecule has 0 aliphatic carbocycles. The van der Waals surface area contributed by atoms with Gasteiger partial charge in [0, 0.05) is 11.3 Å². The van der Waals surface area contributed by atoms with Crippen molar-refractivity contribution < 1.29 is 23.1 Å². The van der Waals surface area contributed by atoms with Crippen molar-refractivity contribution in [1.29, 1.82) is 0 Å². The van der Waals surface area contributed by atoms with Crippen molar-refractivity contribution in [3.8, 4) is 0 Å². The van der Waals surface area contributed by atoms with Crippen LogP contribution in [-0.4, -0.2) is 9.79 Å². The second kappa shape index (κ2) is 3.31. The normalized spacial score (nSPS) is 12.9. The summed E-state index contributed by atoms with van der Waals surface area (Å²) in [6.07, 6.45) is 0. The molecular formula is C7H8F2NO3P. The van der Waals surface area contributed by atoms with E-state index >= 15 is 0 Å². The maximum atomic E-state index is 13.0.